The van der Waals surface area contributed by atoms with Gasteiger partial charge < -0.3 is 5.32 Å². The van der Waals surface area contributed by atoms with E-state index in [0.717, 1.165) is 12.1 Å². The molecule has 1 N–H and O–H groups in total. The molecule has 0 aliphatic heterocycles. The highest BCUT2D eigenvalue weighted by Gasteiger charge is 2.48. The lowest BCUT2D eigenvalue weighted by molar-refractivity contribution is -0.169. The van der Waals surface area contributed by atoms with E-state index in [0.29, 0.717) is 6.07 Å². The summed E-state index contributed by atoms with van der Waals surface area (Å²) in [5.74, 6) is -7.28. The molecule has 0 unspecified atom stereocenters. The Hall–Kier alpha value is -1.80. The number of carbonyl (C=O) groups excluding carboxylic acids is 1. The summed E-state index contributed by atoms with van der Waals surface area (Å²) in [6.45, 7) is -0.934. The quantitative estimate of drug-likeness (QED) is 0.850. The molecule has 1 aromatic rings. The van der Waals surface area contributed by atoms with Gasteiger partial charge in [0, 0.05) is 6.54 Å². The minimum absolute atomic E-state index is 0.501. The van der Waals surface area contributed by atoms with E-state index in [1.165, 1.54) is 11.4 Å². The van der Waals surface area contributed by atoms with Crippen LogP contribution in [-0.2, 0) is 17.5 Å². The van der Waals surface area contributed by atoms with Crippen LogP contribution in [0.15, 0.2) is 24.3 Å². The monoisotopic (exact) mass is 303 g/mol. The van der Waals surface area contributed by atoms with Crippen LogP contribution in [0.1, 0.15) is 11.1 Å². The molecular weight excluding hydrogens is 295 g/mol. The third kappa shape index (κ3) is 3.61. The standard InChI is InChI=1S/C11H8F7NO/c12-8(13)10(14,15)9(20)19-5-6-3-1-2-4-7(6)11(16,17)18/h1-4,8H,5H2,(H,19,20). The summed E-state index contributed by atoms with van der Waals surface area (Å²) in [5, 5.41) is 1.36. The molecule has 0 spiro atoms. The number of nitrogens with one attached hydrogen (secondary N) is 1. The largest absolute Gasteiger partial charge is 0.416 e. The van der Waals surface area contributed by atoms with Crippen LogP contribution in [0, 0.1) is 0 Å². The fourth-order valence-electron chi connectivity index (χ4n) is 1.34. The first-order valence-electron chi connectivity index (χ1n) is 5.16. The van der Waals surface area contributed by atoms with Gasteiger partial charge in [-0.05, 0) is 11.6 Å². The Balaban J connectivity index is 2.84. The molecule has 20 heavy (non-hydrogen) atoms. The topological polar surface area (TPSA) is 29.1 Å². The Kier molecular flexibility index (Phi) is 4.61. The second-order valence-electron chi connectivity index (χ2n) is 3.76. The zero-order valence-corrected chi connectivity index (χ0v) is 9.65. The third-order valence-electron chi connectivity index (χ3n) is 2.34. The van der Waals surface area contributed by atoms with Crippen LogP contribution in [-0.4, -0.2) is 18.3 Å². The summed E-state index contributed by atoms with van der Waals surface area (Å²) in [7, 11) is 0. The number of alkyl halides is 7. The second kappa shape index (κ2) is 5.68. The highest BCUT2D eigenvalue weighted by atomic mass is 19.4. The first-order chi connectivity index (χ1) is 9.06. The number of hydrogen-bond donors (Lipinski definition) is 1. The number of halogens is 7. The van der Waals surface area contributed by atoms with Gasteiger partial charge in [-0.15, -0.1) is 0 Å². The minimum Gasteiger partial charge on any atom is -0.347 e. The van der Waals surface area contributed by atoms with E-state index in [2.05, 4.69) is 0 Å². The maximum Gasteiger partial charge on any atom is 0.416 e. The third-order valence-corrected chi connectivity index (χ3v) is 2.34. The van der Waals surface area contributed by atoms with E-state index in [1.807, 2.05) is 0 Å². The van der Waals surface area contributed by atoms with Crippen LogP contribution in [0.3, 0.4) is 0 Å². The molecular formula is C11H8F7NO. The van der Waals surface area contributed by atoms with Crippen molar-refractivity contribution in [2.45, 2.75) is 25.1 Å². The number of amides is 1. The lowest BCUT2D eigenvalue weighted by Crippen LogP contribution is -2.45. The zero-order chi connectivity index (χ0) is 15.6. The number of benzene rings is 1. The van der Waals surface area contributed by atoms with Gasteiger partial charge >= 0.3 is 18.5 Å². The van der Waals surface area contributed by atoms with Crippen molar-refractivity contribution in [1.29, 1.82) is 0 Å². The maximum atomic E-state index is 12.6. The lowest BCUT2D eigenvalue weighted by Gasteiger charge is -2.16. The lowest BCUT2D eigenvalue weighted by atomic mass is 10.1. The zero-order valence-electron chi connectivity index (χ0n) is 9.65. The van der Waals surface area contributed by atoms with Crippen molar-refractivity contribution in [3.05, 3.63) is 35.4 Å². The average molecular weight is 303 g/mol. The van der Waals surface area contributed by atoms with Crippen LogP contribution in [0.4, 0.5) is 30.7 Å². The Bertz CT molecular complexity index is 484. The highest BCUT2D eigenvalue weighted by molar-refractivity contribution is 5.83. The summed E-state index contributed by atoms with van der Waals surface area (Å²) in [4.78, 5) is 10.8. The van der Waals surface area contributed by atoms with E-state index in [9.17, 15) is 35.5 Å². The van der Waals surface area contributed by atoms with Gasteiger partial charge in [0.25, 0.3) is 5.91 Å². The predicted molar refractivity (Wildman–Crippen MR) is 54.2 cm³/mol. The summed E-state index contributed by atoms with van der Waals surface area (Å²) < 4.78 is 86.6. The van der Waals surface area contributed by atoms with Crippen molar-refractivity contribution >= 4 is 5.91 Å². The van der Waals surface area contributed by atoms with Crippen molar-refractivity contribution in [1.82, 2.24) is 5.32 Å². The van der Waals surface area contributed by atoms with Crippen molar-refractivity contribution in [3.8, 4) is 0 Å². The molecule has 112 valence electrons. The van der Waals surface area contributed by atoms with Crippen LogP contribution in [0.2, 0.25) is 0 Å². The van der Waals surface area contributed by atoms with Gasteiger partial charge in [-0.2, -0.15) is 22.0 Å². The first-order valence-corrected chi connectivity index (χ1v) is 5.16. The van der Waals surface area contributed by atoms with Crippen molar-refractivity contribution in [3.63, 3.8) is 0 Å². The van der Waals surface area contributed by atoms with Crippen molar-refractivity contribution < 1.29 is 35.5 Å². The van der Waals surface area contributed by atoms with Gasteiger partial charge in [0.2, 0.25) is 0 Å². The molecule has 0 fully saturated rings. The molecule has 0 aromatic heterocycles. The van der Waals surface area contributed by atoms with E-state index >= 15 is 0 Å². The molecule has 0 heterocycles. The van der Waals surface area contributed by atoms with Gasteiger partial charge in [0.05, 0.1) is 5.56 Å². The fourth-order valence-corrected chi connectivity index (χ4v) is 1.34. The van der Waals surface area contributed by atoms with Crippen LogP contribution < -0.4 is 5.32 Å². The van der Waals surface area contributed by atoms with E-state index in [1.54, 1.807) is 0 Å². The van der Waals surface area contributed by atoms with E-state index in [4.69, 9.17) is 0 Å². The molecule has 0 atom stereocenters. The Morgan fingerprint density at radius 1 is 1.10 bits per heavy atom. The van der Waals surface area contributed by atoms with Crippen molar-refractivity contribution in [2.24, 2.45) is 0 Å². The minimum atomic E-state index is -4.95. The summed E-state index contributed by atoms with van der Waals surface area (Å²) in [6, 6.07) is 3.90. The summed E-state index contributed by atoms with van der Waals surface area (Å²) in [5.41, 5.74) is -1.64. The predicted octanol–water partition coefficient (Wildman–Crippen LogP) is 3.22. The molecule has 0 bridgehead atoms. The fraction of sp³-hybridized carbons (Fsp3) is 0.364. The number of rotatable bonds is 4. The van der Waals surface area contributed by atoms with Crippen molar-refractivity contribution in [2.75, 3.05) is 0 Å². The van der Waals surface area contributed by atoms with Gasteiger partial charge in [0.15, 0.2) is 0 Å². The van der Waals surface area contributed by atoms with Crippen LogP contribution in [0.5, 0.6) is 0 Å². The molecule has 0 saturated heterocycles. The molecule has 0 aliphatic carbocycles. The van der Waals surface area contributed by atoms with Crippen LogP contribution in [0.25, 0.3) is 0 Å². The van der Waals surface area contributed by atoms with Gasteiger partial charge in [-0.1, -0.05) is 18.2 Å². The Labute approximate surface area is 108 Å². The number of hydrogen-bond acceptors (Lipinski definition) is 1. The summed E-state index contributed by atoms with van der Waals surface area (Å²) >= 11 is 0. The van der Waals surface area contributed by atoms with Gasteiger partial charge in [-0.3, -0.25) is 4.79 Å². The Morgan fingerprint density at radius 2 is 1.65 bits per heavy atom. The van der Waals surface area contributed by atoms with E-state index in [-0.39, 0.29) is 0 Å². The van der Waals surface area contributed by atoms with E-state index < -0.39 is 42.1 Å². The molecule has 9 heteroatoms. The molecule has 2 nitrogen and oxygen atoms in total. The highest BCUT2D eigenvalue weighted by Crippen LogP contribution is 2.32. The smallest absolute Gasteiger partial charge is 0.347 e. The van der Waals surface area contributed by atoms with Gasteiger partial charge in [-0.25, -0.2) is 8.78 Å². The van der Waals surface area contributed by atoms with Crippen LogP contribution >= 0.6 is 0 Å². The van der Waals surface area contributed by atoms with Gasteiger partial charge in [0.1, 0.15) is 0 Å². The molecule has 1 rings (SSSR count). The second-order valence-corrected chi connectivity index (χ2v) is 3.76. The summed E-state index contributed by atoms with van der Waals surface area (Å²) in [6.07, 6.45) is -8.98. The molecule has 0 saturated carbocycles. The SMILES string of the molecule is O=C(NCc1ccccc1C(F)(F)F)C(F)(F)C(F)F. The molecule has 0 aliphatic rings. The Morgan fingerprint density at radius 3 is 2.15 bits per heavy atom. The number of carbonyl (C=O) groups is 1. The normalized spacial score (nSPS) is 12.6. The first kappa shape index (κ1) is 16.3. The average Bonchev–Trinajstić information content (AvgIpc) is 2.34. The molecule has 1 aromatic carbocycles. The molecule has 0 radical (unpaired) electrons. The maximum absolute atomic E-state index is 12.6. The molecule has 1 amide bonds.